The van der Waals surface area contributed by atoms with Gasteiger partial charge in [-0.3, -0.25) is 0 Å². The maximum Gasteiger partial charge on any atom is 0.488 e. The first kappa shape index (κ1) is 32.8. The molecule has 0 aliphatic carbocycles. The van der Waals surface area contributed by atoms with Gasteiger partial charge in [0.1, 0.15) is 0 Å². The van der Waals surface area contributed by atoms with Crippen molar-refractivity contribution in [3.63, 3.8) is 0 Å². The van der Waals surface area contributed by atoms with Gasteiger partial charge in [0.2, 0.25) is 0 Å². The first-order valence-corrected chi connectivity index (χ1v) is 16.1. The minimum atomic E-state index is -1.45. The molecule has 230 valence electrons. The summed E-state index contributed by atoms with van der Waals surface area (Å²) in [5.41, 5.74) is 12.0. The van der Waals surface area contributed by atoms with Crippen LogP contribution in [0.2, 0.25) is 0 Å². The monoisotopic (exact) mass is 668 g/mol. The molecule has 0 saturated carbocycles. The van der Waals surface area contributed by atoms with Gasteiger partial charge in [0, 0.05) is 38.6 Å². The van der Waals surface area contributed by atoms with Crippen molar-refractivity contribution >= 4 is 62.6 Å². The Labute approximate surface area is 281 Å². The highest BCUT2D eigenvalue weighted by Crippen LogP contribution is 2.36. The van der Waals surface area contributed by atoms with Crippen molar-refractivity contribution in [2.45, 2.75) is 27.7 Å². The van der Waals surface area contributed by atoms with Crippen molar-refractivity contribution in [1.82, 2.24) is 0 Å². The van der Waals surface area contributed by atoms with Crippen LogP contribution in [0.4, 0.5) is 34.1 Å². The molecule has 0 heterocycles. The second-order valence-electron chi connectivity index (χ2n) is 11.5. The molecular weight excluding hydrogens is 631 g/mol. The van der Waals surface area contributed by atoms with Crippen molar-refractivity contribution < 1.29 is 10.0 Å². The van der Waals surface area contributed by atoms with Crippen LogP contribution in [0.1, 0.15) is 22.3 Å². The molecule has 0 radical (unpaired) electrons. The fourth-order valence-corrected chi connectivity index (χ4v) is 5.32. The van der Waals surface area contributed by atoms with E-state index >= 15 is 0 Å². The van der Waals surface area contributed by atoms with Gasteiger partial charge in [0.15, 0.2) is 0 Å². The minimum absolute atomic E-state index is 0.478. The molecule has 46 heavy (non-hydrogen) atoms. The van der Waals surface area contributed by atoms with Gasteiger partial charge in [-0.05, 0) is 118 Å². The van der Waals surface area contributed by atoms with Crippen LogP contribution in [-0.4, -0.2) is 17.2 Å². The molecule has 0 unspecified atom stereocenters. The fraction of sp³-hybridized carbons (Fsp3) is 0.100. The van der Waals surface area contributed by atoms with Crippen LogP contribution >= 0.6 is 15.9 Å². The lowest BCUT2D eigenvalue weighted by molar-refractivity contribution is 0.426. The minimum Gasteiger partial charge on any atom is -0.423 e. The number of halogens is 1. The average molecular weight is 669 g/mol. The number of nitrogens with zero attached hydrogens (tertiary/aromatic N) is 2. The molecule has 0 aromatic heterocycles. The zero-order valence-electron chi connectivity index (χ0n) is 26.6. The predicted molar refractivity (Wildman–Crippen MR) is 199 cm³/mol. The zero-order valence-corrected chi connectivity index (χ0v) is 28.2. The lowest BCUT2D eigenvalue weighted by Crippen LogP contribution is -2.29. The predicted octanol–water partition coefficient (Wildman–Crippen LogP) is 9.99. The Morgan fingerprint density at radius 2 is 0.587 bits per heavy atom. The molecular formula is C40H38BBrN2O2. The van der Waals surface area contributed by atoms with Crippen molar-refractivity contribution in [1.29, 1.82) is 0 Å². The maximum absolute atomic E-state index is 9.29. The van der Waals surface area contributed by atoms with Crippen LogP contribution < -0.4 is 15.3 Å². The third-order valence-electron chi connectivity index (χ3n) is 7.70. The number of aryl methyl sites for hydroxylation is 4. The molecule has 0 fully saturated rings. The molecule has 0 amide bonds. The molecule has 6 rings (SSSR count). The average Bonchev–Trinajstić information content (AvgIpc) is 3.06. The Morgan fingerprint density at radius 3 is 0.826 bits per heavy atom. The Kier molecular flexibility index (Phi) is 10.8. The Bertz CT molecular complexity index is 1670. The van der Waals surface area contributed by atoms with E-state index < -0.39 is 7.12 Å². The van der Waals surface area contributed by atoms with E-state index in [0.717, 1.165) is 38.6 Å². The highest BCUT2D eigenvalue weighted by molar-refractivity contribution is 9.10. The molecule has 6 heteroatoms. The lowest BCUT2D eigenvalue weighted by atomic mass is 9.80. The van der Waals surface area contributed by atoms with Crippen molar-refractivity contribution in [3.8, 4) is 0 Å². The van der Waals surface area contributed by atoms with Gasteiger partial charge in [-0.15, -0.1) is 0 Å². The van der Waals surface area contributed by atoms with Gasteiger partial charge in [-0.2, -0.15) is 0 Å². The fourth-order valence-electron chi connectivity index (χ4n) is 5.06. The molecule has 6 aromatic carbocycles. The summed E-state index contributed by atoms with van der Waals surface area (Å²) in [6, 6.07) is 49.6. The standard InChI is InChI=1S/C20H20BNO2.C20H18BrN/c1-15-3-9-18(10-4-15)22(19-11-5-16(2)6-12-19)20-13-7-17(8-14-20)21(23)24;1-15-3-9-18(10-4-15)22(19-11-5-16(2)6-12-19)20-13-7-17(21)8-14-20/h3-14,23-24H,1-2H3;3-14H,1-2H3. The normalized spacial score (nSPS) is 10.5. The lowest BCUT2D eigenvalue weighted by Gasteiger charge is -2.26. The largest absolute Gasteiger partial charge is 0.488 e. The number of benzene rings is 6. The van der Waals surface area contributed by atoms with E-state index in [-0.39, 0.29) is 0 Å². The maximum atomic E-state index is 9.29. The Hall–Kier alpha value is -4.62. The van der Waals surface area contributed by atoms with Crippen LogP contribution in [0, 0.1) is 27.7 Å². The second kappa shape index (κ2) is 15.1. The van der Waals surface area contributed by atoms with Crippen molar-refractivity contribution in [2.24, 2.45) is 0 Å². The van der Waals surface area contributed by atoms with E-state index in [4.69, 9.17) is 0 Å². The summed E-state index contributed by atoms with van der Waals surface area (Å²) in [7, 11) is -1.45. The first-order valence-electron chi connectivity index (χ1n) is 15.3. The topological polar surface area (TPSA) is 46.9 Å². The molecule has 4 nitrogen and oxygen atoms in total. The summed E-state index contributed by atoms with van der Waals surface area (Å²) in [4.78, 5) is 4.41. The number of hydrogen-bond acceptors (Lipinski definition) is 4. The SMILES string of the molecule is Cc1ccc(N(c2ccc(C)cc2)c2ccc(B(O)O)cc2)cc1.Cc1ccc(N(c2ccc(C)cc2)c2ccc(Br)cc2)cc1. The van der Waals surface area contributed by atoms with Crippen molar-refractivity contribution in [3.05, 3.63) is 172 Å². The van der Waals surface area contributed by atoms with E-state index in [1.807, 2.05) is 12.1 Å². The van der Waals surface area contributed by atoms with Gasteiger partial charge >= 0.3 is 7.12 Å². The molecule has 0 atom stereocenters. The summed E-state index contributed by atoms with van der Waals surface area (Å²) in [5, 5.41) is 18.6. The van der Waals surface area contributed by atoms with Crippen LogP contribution in [0.5, 0.6) is 0 Å². The third-order valence-corrected chi connectivity index (χ3v) is 8.23. The van der Waals surface area contributed by atoms with Gasteiger partial charge in [0.05, 0.1) is 0 Å². The van der Waals surface area contributed by atoms with E-state index in [9.17, 15) is 10.0 Å². The molecule has 0 aliphatic rings. The number of hydrogen-bond donors (Lipinski definition) is 2. The number of anilines is 6. The summed E-state index contributed by atoms with van der Waals surface area (Å²) >= 11 is 3.51. The highest BCUT2D eigenvalue weighted by atomic mass is 79.9. The molecule has 0 bridgehead atoms. The molecule has 6 aromatic rings. The van der Waals surface area contributed by atoms with Crippen LogP contribution in [0.3, 0.4) is 0 Å². The van der Waals surface area contributed by atoms with Gasteiger partial charge in [-0.25, -0.2) is 0 Å². The Balaban J connectivity index is 0.000000182. The smallest absolute Gasteiger partial charge is 0.423 e. The van der Waals surface area contributed by atoms with Crippen molar-refractivity contribution in [2.75, 3.05) is 9.80 Å². The molecule has 2 N–H and O–H groups in total. The highest BCUT2D eigenvalue weighted by Gasteiger charge is 2.15. The van der Waals surface area contributed by atoms with E-state index in [0.29, 0.717) is 5.46 Å². The van der Waals surface area contributed by atoms with Gasteiger partial charge < -0.3 is 19.8 Å². The van der Waals surface area contributed by atoms with Crippen LogP contribution in [-0.2, 0) is 0 Å². The summed E-state index contributed by atoms with van der Waals surface area (Å²) in [6.07, 6.45) is 0. The second-order valence-corrected chi connectivity index (χ2v) is 12.4. The number of rotatable bonds is 7. The summed E-state index contributed by atoms with van der Waals surface area (Å²) in [6.45, 7) is 8.36. The summed E-state index contributed by atoms with van der Waals surface area (Å²) < 4.78 is 1.09. The van der Waals surface area contributed by atoms with E-state index in [1.54, 1.807) is 12.1 Å². The Morgan fingerprint density at radius 1 is 0.370 bits per heavy atom. The third kappa shape index (κ3) is 8.35. The molecule has 0 saturated heterocycles. The zero-order chi connectivity index (χ0) is 32.6. The van der Waals surface area contributed by atoms with E-state index in [1.165, 1.54) is 22.3 Å². The van der Waals surface area contributed by atoms with Crippen LogP contribution in [0.25, 0.3) is 0 Å². The van der Waals surface area contributed by atoms with Gasteiger partial charge in [-0.1, -0.05) is 98.8 Å². The van der Waals surface area contributed by atoms with Gasteiger partial charge in [0.25, 0.3) is 0 Å². The molecule has 0 aliphatic heterocycles. The molecule has 0 spiro atoms. The summed E-state index contributed by atoms with van der Waals surface area (Å²) in [5.74, 6) is 0. The van der Waals surface area contributed by atoms with Crippen LogP contribution in [0.15, 0.2) is 150 Å². The van der Waals surface area contributed by atoms with E-state index in [2.05, 4.69) is 175 Å². The first-order chi connectivity index (χ1) is 22.2. The quantitative estimate of drug-likeness (QED) is 0.166.